The molecule has 0 bridgehead atoms. The van der Waals surface area contributed by atoms with Crippen LogP contribution >= 0.6 is 11.3 Å². The number of ether oxygens (including phenoxy) is 1. The van der Waals surface area contributed by atoms with Crippen LogP contribution in [0.5, 0.6) is 5.75 Å². The minimum atomic E-state index is 0.544. The zero-order chi connectivity index (χ0) is 17.8. The van der Waals surface area contributed by atoms with Gasteiger partial charge in [0.05, 0.1) is 18.5 Å². The van der Waals surface area contributed by atoms with Gasteiger partial charge in [-0.15, -0.1) is 11.3 Å². The quantitative estimate of drug-likeness (QED) is 0.561. The van der Waals surface area contributed by atoms with Gasteiger partial charge in [-0.05, 0) is 42.7 Å². The number of nitrogens with zero attached hydrogens (tertiary/aromatic N) is 2. The zero-order valence-corrected chi connectivity index (χ0v) is 15.9. The molecule has 3 aromatic rings. The van der Waals surface area contributed by atoms with Crippen molar-refractivity contribution in [1.82, 2.24) is 4.57 Å². The molecule has 1 aliphatic carbocycles. The number of aromatic nitrogens is 1. The maximum Gasteiger partial charge on any atom is 0.190 e. The van der Waals surface area contributed by atoms with Gasteiger partial charge in [0.25, 0.3) is 0 Å². The first-order valence-corrected chi connectivity index (χ1v) is 10.2. The zero-order valence-electron chi connectivity index (χ0n) is 15.1. The molecular weight excluding hydrogens is 340 g/mol. The first kappa shape index (κ1) is 17.1. The molecule has 134 valence electrons. The number of benzene rings is 2. The molecule has 0 atom stereocenters. The molecule has 0 saturated heterocycles. The second kappa shape index (κ2) is 7.92. The highest BCUT2D eigenvalue weighted by molar-refractivity contribution is 7.07. The fourth-order valence-electron chi connectivity index (χ4n) is 3.68. The normalized spacial score (nSPS) is 16.0. The Morgan fingerprint density at radius 3 is 2.38 bits per heavy atom. The summed E-state index contributed by atoms with van der Waals surface area (Å²) in [5, 5.41) is 2.26. The Labute approximate surface area is 158 Å². The van der Waals surface area contributed by atoms with Crippen molar-refractivity contribution in [3.8, 4) is 17.0 Å². The number of methoxy groups -OCH3 is 1. The van der Waals surface area contributed by atoms with Crippen LogP contribution in [0.3, 0.4) is 0 Å². The van der Waals surface area contributed by atoms with Crippen LogP contribution in [-0.4, -0.2) is 11.7 Å². The third kappa shape index (κ3) is 3.61. The molecule has 1 saturated carbocycles. The molecule has 4 heteroatoms. The number of thiazole rings is 1. The van der Waals surface area contributed by atoms with E-state index < -0.39 is 0 Å². The van der Waals surface area contributed by atoms with Crippen LogP contribution in [0.15, 0.2) is 65.0 Å². The molecule has 0 amide bonds. The van der Waals surface area contributed by atoms with Crippen LogP contribution in [0.4, 0.5) is 5.69 Å². The van der Waals surface area contributed by atoms with Crippen LogP contribution in [0.25, 0.3) is 11.3 Å². The molecule has 3 nitrogen and oxygen atoms in total. The summed E-state index contributed by atoms with van der Waals surface area (Å²) in [6, 6.07) is 19.2. The summed E-state index contributed by atoms with van der Waals surface area (Å²) >= 11 is 1.73. The predicted molar refractivity (Wildman–Crippen MR) is 108 cm³/mol. The summed E-state index contributed by atoms with van der Waals surface area (Å²) in [6.07, 6.45) is 6.46. The lowest BCUT2D eigenvalue weighted by Gasteiger charge is -2.25. The molecular formula is C22H24N2OS. The monoisotopic (exact) mass is 364 g/mol. The van der Waals surface area contributed by atoms with Crippen LogP contribution < -0.4 is 9.54 Å². The topological polar surface area (TPSA) is 26.5 Å². The van der Waals surface area contributed by atoms with Crippen molar-refractivity contribution in [3.63, 3.8) is 0 Å². The minimum Gasteiger partial charge on any atom is -0.497 e. The van der Waals surface area contributed by atoms with E-state index in [1.54, 1.807) is 18.4 Å². The van der Waals surface area contributed by atoms with E-state index in [1.165, 1.54) is 43.4 Å². The second-order valence-electron chi connectivity index (χ2n) is 6.74. The highest BCUT2D eigenvalue weighted by Gasteiger charge is 2.20. The Bertz CT molecular complexity index is 903. The molecule has 0 N–H and O–H groups in total. The first-order chi connectivity index (χ1) is 12.8. The number of hydrogen-bond acceptors (Lipinski definition) is 3. The molecule has 0 spiro atoms. The van der Waals surface area contributed by atoms with Crippen LogP contribution in [-0.2, 0) is 0 Å². The van der Waals surface area contributed by atoms with Crippen LogP contribution in [0.1, 0.15) is 38.1 Å². The van der Waals surface area contributed by atoms with Gasteiger partial charge in [-0.1, -0.05) is 49.6 Å². The van der Waals surface area contributed by atoms with E-state index in [0.717, 1.165) is 16.2 Å². The van der Waals surface area contributed by atoms with Gasteiger partial charge < -0.3 is 9.30 Å². The molecule has 26 heavy (non-hydrogen) atoms. The van der Waals surface area contributed by atoms with E-state index in [2.05, 4.69) is 40.3 Å². The lowest BCUT2D eigenvalue weighted by atomic mass is 9.95. The predicted octanol–water partition coefficient (Wildman–Crippen LogP) is 5.96. The Morgan fingerprint density at radius 2 is 1.69 bits per heavy atom. The summed E-state index contributed by atoms with van der Waals surface area (Å²) in [6.45, 7) is 0. The van der Waals surface area contributed by atoms with Crippen molar-refractivity contribution >= 4 is 17.0 Å². The Balaban J connectivity index is 1.80. The average molecular weight is 365 g/mol. The molecule has 1 fully saturated rings. The van der Waals surface area contributed by atoms with Crippen molar-refractivity contribution < 1.29 is 4.74 Å². The van der Waals surface area contributed by atoms with E-state index in [9.17, 15) is 0 Å². The van der Waals surface area contributed by atoms with Gasteiger partial charge in [0.1, 0.15) is 5.75 Å². The maximum atomic E-state index is 5.26. The van der Waals surface area contributed by atoms with E-state index in [4.69, 9.17) is 9.73 Å². The summed E-state index contributed by atoms with van der Waals surface area (Å²) in [5.74, 6) is 0.861. The van der Waals surface area contributed by atoms with E-state index in [-0.39, 0.29) is 0 Å². The van der Waals surface area contributed by atoms with Crippen molar-refractivity contribution in [1.29, 1.82) is 0 Å². The molecule has 4 rings (SSSR count). The van der Waals surface area contributed by atoms with Crippen LogP contribution in [0.2, 0.25) is 0 Å². The van der Waals surface area contributed by atoms with E-state index >= 15 is 0 Å². The Hall–Kier alpha value is -2.33. The second-order valence-corrected chi connectivity index (χ2v) is 7.58. The molecule has 1 heterocycles. The molecule has 0 aliphatic heterocycles. The summed E-state index contributed by atoms with van der Waals surface area (Å²) in [4.78, 5) is 6.05. The van der Waals surface area contributed by atoms with E-state index in [0.29, 0.717) is 6.04 Å². The molecule has 1 aromatic heterocycles. The van der Waals surface area contributed by atoms with Crippen LogP contribution in [0, 0.1) is 0 Å². The SMILES string of the molecule is COc1ccc(N=c2scc(-c3ccccc3)n2C2CCCCC2)cc1. The fraction of sp³-hybridized carbons (Fsp3) is 0.318. The van der Waals surface area contributed by atoms with E-state index in [1.807, 2.05) is 24.3 Å². The third-order valence-electron chi connectivity index (χ3n) is 5.05. The van der Waals surface area contributed by atoms with Crippen molar-refractivity contribution in [2.75, 3.05) is 7.11 Å². The molecule has 0 unspecified atom stereocenters. The van der Waals surface area contributed by atoms with Gasteiger partial charge in [-0.25, -0.2) is 4.99 Å². The lowest BCUT2D eigenvalue weighted by Crippen LogP contribution is -2.23. The maximum absolute atomic E-state index is 5.26. The highest BCUT2D eigenvalue weighted by atomic mass is 32.1. The van der Waals surface area contributed by atoms with Crippen molar-refractivity contribution in [3.05, 3.63) is 64.8 Å². The van der Waals surface area contributed by atoms with Gasteiger partial charge in [-0.3, -0.25) is 0 Å². The molecule has 1 aliphatic rings. The smallest absolute Gasteiger partial charge is 0.190 e. The number of rotatable bonds is 4. The summed E-state index contributed by atoms with van der Waals surface area (Å²) < 4.78 is 7.73. The minimum absolute atomic E-state index is 0.544. The Kier molecular flexibility index (Phi) is 5.21. The fourth-order valence-corrected chi connectivity index (χ4v) is 4.67. The average Bonchev–Trinajstić information content (AvgIpc) is 3.13. The van der Waals surface area contributed by atoms with Crippen molar-refractivity contribution in [2.24, 2.45) is 4.99 Å². The third-order valence-corrected chi connectivity index (χ3v) is 5.89. The Morgan fingerprint density at radius 1 is 0.962 bits per heavy atom. The van der Waals surface area contributed by atoms with Gasteiger partial charge in [0.2, 0.25) is 0 Å². The number of hydrogen-bond donors (Lipinski definition) is 0. The standard InChI is InChI=1S/C22H24N2OS/c1-25-20-14-12-18(13-15-20)23-22-24(19-10-6-3-7-11-19)21(16-26-22)17-8-4-2-5-9-17/h2,4-5,8-9,12-16,19H,3,6-7,10-11H2,1H3. The first-order valence-electron chi connectivity index (χ1n) is 9.29. The van der Waals surface area contributed by atoms with Crippen molar-refractivity contribution in [2.45, 2.75) is 38.1 Å². The van der Waals surface area contributed by atoms with Gasteiger partial charge in [0, 0.05) is 11.4 Å². The van der Waals surface area contributed by atoms with Gasteiger partial charge in [-0.2, -0.15) is 0 Å². The summed E-state index contributed by atoms with van der Waals surface area (Å²) in [7, 11) is 1.69. The van der Waals surface area contributed by atoms with Gasteiger partial charge in [0.15, 0.2) is 4.80 Å². The lowest BCUT2D eigenvalue weighted by molar-refractivity contribution is 0.351. The molecule has 0 radical (unpaired) electrons. The highest BCUT2D eigenvalue weighted by Crippen LogP contribution is 2.32. The van der Waals surface area contributed by atoms with Gasteiger partial charge >= 0.3 is 0 Å². The summed E-state index contributed by atoms with van der Waals surface area (Å²) in [5.41, 5.74) is 3.53. The molecule has 2 aromatic carbocycles. The largest absolute Gasteiger partial charge is 0.497 e.